The normalized spacial score (nSPS) is 10.9. The monoisotopic (exact) mass is 299 g/mol. The lowest BCUT2D eigenvalue weighted by Gasteiger charge is -2.15. The fourth-order valence-corrected chi connectivity index (χ4v) is 2.19. The molecule has 3 heterocycles. The van der Waals surface area contributed by atoms with Crippen LogP contribution >= 0.6 is 0 Å². The molecule has 0 bridgehead atoms. The van der Waals surface area contributed by atoms with E-state index in [2.05, 4.69) is 25.4 Å². The van der Waals surface area contributed by atoms with Crippen molar-refractivity contribution >= 4 is 5.82 Å². The Hall–Kier alpha value is -2.77. The van der Waals surface area contributed by atoms with Gasteiger partial charge in [0.15, 0.2) is 17.5 Å². The highest BCUT2D eigenvalue weighted by Gasteiger charge is 2.10. The summed E-state index contributed by atoms with van der Waals surface area (Å²) in [5, 5.41) is 16.7. The molecular formula is C14H17N7O. The van der Waals surface area contributed by atoms with Crippen LogP contribution in [0.25, 0.3) is 5.82 Å². The summed E-state index contributed by atoms with van der Waals surface area (Å²) in [6.07, 6.45) is 0. The Labute approximate surface area is 127 Å². The van der Waals surface area contributed by atoms with Crippen LogP contribution in [0.5, 0.6) is 0 Å². The maximum absolute atomic E-state index is 4.96. The molecule has 0 N–H and O–H groups in total. The van der Waals surface area contributed by atoms with Gasteiger partial charge in [-0.2, -0.15) is 10.1 Å². The van der Waals surface area contributed by atoms with E-state index < -0.39 is 0 Å². The van der Waals surface area contributed by atoms with E-state index in [1.807, 2.05) is 44.0 Å². The number of rotatable bonds is 4. The molecule has 3 aromatic rings. The predicted molar refractivity (Wildman–Crippen MR) is 79.8 cm³/mol. The average molecular weight is 299 g/mol. The zero-order valence-corrected chi connectivity index (χ0v) is 13.0. The molecule has 0 unspecified atom stereocenters. The summed E-state index contributed by atoms with van der Waals surface area (Å²) in [6, 6.07) is 5.78. The van der Waals surface area contributed by atoms with Gasteiger partial charge in [0.05, 0.1) is 12.2 Å². The highest BCUT2D eigenvalue weighted by atomic mass is 16.5. The minimum absolute atomic E-state index is 0.505. The molecular weight excluding hydrogens is 282 g/mol. The van der Waals surface area contributed by atoms with Crippen molar-refractivity contribution in [3.05, 3.63) is 41.3 Å². The molecule has 8 nitrogen and oxygen atoms in total. The van der Waals surface area contributed by atoms with Crippen molar-refractivity contribution in [2.45, 2.75) is 27.3 Å². The molecule has 0 aromatic carbocycles. The Kier molecular flexibility index (Phi) is 3.58. The van der Waals surface area contributed by atoms with Crippen LogP contribution in [-0.2, 0) is 6.54 Å². The number of aryl methyl sites for hydroxylation is 3. The molecule has 0 atom stereocenters. The first-order valence-electron chi connectivity index (χ1n) is 6.90. The van der Waals surface area contributed by atoms with Gasteiger partial charge in [-0.1, -0.05) is 5.16 Å². The molecule has 3 aromatic heterocycles. The fourth-order valence-electron chi connectivity index (χ4n) is 2.19. The van der Waals surface area contributed by atoms with Crippen molar-refractivity contribution in [3.8, 4) is 5.82 Å². The largest absolute Gasteiger partial charge is 0.351 e. The minimum atomic E-state index is 0.505. The lowest BCUT2D eigenvalue weighted by molar-refractivity contribution is 0.387. The maximum atomic E-state index is 4.96. The van der Waals surface area contributed by atoms with E-state index in [4.69, 9.17) is 4.52 Å². The molecule has 0 saturated heterocycles. The zero-order valence-electron chi connectivity index (χ0n) is 13.0. The molecule has 0 aliphatic heterocycles. The van der Waals surface area contributed by atoms with Crippen LogP contribution in [0.15, 0.2) is 22.7 Å². The van der Waals surface area contributed by atoms with Crippen LogP contribution in [-0.4, -0.2) is 37.2 Å². The molecule has 22 heavy (non-hydrogen) atoms. The Morgan fingerprint density at radius 2 is 2.00 bits per heavy atom. The molecule has 0 saturated carbocycles. The quantitative estimate of drug-likeness (QED) is 0.723. The number of hydrogen-bond donors (Lipinski definition) is 0. The fraction of sp³-hybridized carbons (Fsp3) is 0.357. The maximum Gasteiger partial charge on any atom is 0.223 e. The smallest absolute Gasteiger partial charge is 0.223 e. The number of anilines is 1. The molecule has 0 fully saturated rings. The summed E-state index contributed by atoms with van der Waals surface area (Å²) in [5.41, 5.74) is 1.98. The molecule has 114 valence electrons. The number of hydrogen-bond acceptors (Lipinski definition) is 7. The second-order valence-electron chi connectivity index (χ2n) is 5.17. The van der Waals surface area contributed by atoms with Gasteiger partial charge in [-0.25, -0.2) is 4.68 Å². The summed E-state index contributed by atoms with van der Waals surface area (Å²) in [4.78, 5) is 6.08. The summed E-state index contributed by atoms with van der Waals surface area (Å²) in [6.45, 7) is 6.21. The molecule has 0 amide bonds. The van der Waals surface area contributed by atoms with E-state index in [1.165, 1.54) is 0 Å². The first-order valence-corrected chi connectivity index (χ1v) is 6.90. The van der Waals surface area contributed by atoms with E-state index in [1.54, 1.807) is 11.6 Å². The Morgan fingerprint density at radius 1 is 1.18 bits per heavy atom. The lowest BCUT2D eigenvalue weighted by atomic mass is 10.4. The van der Waals surface area contributed by atoms with Crippen LogP contribution < -0.4 is 4.90 Å². The van der Waals surface area contributed by atoms with E-state index in [-0.39, 0.29) is 0 Å². The molecule has 0 aliphatic rings. The van der Waals surface area contributed by atoms with Gasteiger partial charge in [-0.05, 0) is 32.0 Å². The van der Waals surface area contributed by atoms with Gasteiger partial charge in [0, 0.05) is 19.7 Å². The second-order valence-corrected chi connectivity index (χ2v) is 5.17. The van der Waals surface area contributed by atoms with E-state index in [0.29, 0.717) is 24.1 Å². The second kappa shape index (κ2) is 5.55. The summed E-state index contributed by atoms with van der Waals surface area (Å²) >= 11 is 0. The van der Waals surface area contributed by atoms with E-state index >= 15 is 0 Å². The third-order valence-corrected chi connectivity index (χ3v) is 3.20. The van der Waals surface area contributed by atoms with Crippen molar-refractivity contribution in [3.63, 3.8) is 0 Å². The molecule has 3 rings (SSSR count). The van der Waals surface area contributed by atoms with Crippen LogP contribution in [0, 0.1) is 20.8 Å². The van der Waals surface area contributed by atoms with Gasteiger partial charge < -0.3 is 9.42 Å². The molecule has 0 aliphatic carbocycles. The van der Waals surface area contributed by atoms with Gasteiger partial charge >= 0.3 is 0 Å². The minimum Gasteiger partial charge on any atom is -0.351 e. The first kappa shape index (κ1) is 14.2. The van der Waals surface area contributed by atoms with E-state index in [0.717, 1.165) is 17.2 Å². The third-order valence-electron chi connectivity index (χ3n) is 3.20. The highest BCUT2D eigenvalue weighted by molar-refractivity contribution is 5.39. The molecule has 8 heteroatoms. The Bertz CT molecular complexity index is 775. The molecule has 0 radical (unpaired) electrons. The van der Waals surface area contributed by atoms with Gasteiger partial charge in [0.1, 0.15) is 0 Å². The number of nitrogens with zero attached hydrogens (tertiary/aromatic N) is 7. The first-order chi connectivity index (χ1) is 10.5. The average Bonchev–Trinajstić information content (AvgIpc) is 3.04. The Morgan fingerprint density at radius 3 is 2.55 bits per heavy atom. The Balaban J connectivity index is 1.77. The van der Waals surface area contributed by atoms with Crippen LogP contribution in [0.2, 0.25) is 0 Å². The summed E-state index contributed by atoms with van der Waals surface area (Å²) in [7, 11) is 1.90. The molecule has 0 spiro atoms. The van der Waals surface area contributed by atoms with Crippen molar-refractivity contribution < 1.29 is 4.52 Å². The van der Waals surface area contributed by atoms with Gasteiger partial charge in [-0.3, -0.25) is 0 Å². The topological polar surface area (TPSA) is 85.8 Å². The van der Waals surface area contributed by atoms with Gasteiger partial charge in [0.2, 0.25) is 5.89 Å². The van der Waals surface area contributed by atoms with Crippen molar-refractivity contribution in [1.29, 1.82) is 0 Å². The van der Waals surface area contributed by atoms with Crippen LogP contribution in [0.4, 0.5) is 5.82 Å². The third kappa shape index (κ3) is 2.80. The van der Waals surface area contributed by atoms with Crippen molar-refractivity contribution in [2.24, 2.45) is 0 Å². The zero-order chi connectivity index (χ0) is 15.7. The van der Waals surface area contributed by atoms with Crippen molar-refractivity contribution in [1.82, 2.24) is 30.1 Å². The van der Waals surface area contributed by atoms with Gasteiger partial charge in [-0.15, -0.1) is 10.2 Å². The van der Waals surface area contributed by atoms with Crippen LogP contribution in [0.3, 0.4) is 0 Å². The standard InChI is InChI=1S/C14H17N7O/c1-9-7-10(2)21(18-9)14-6-5-13(16-17-14)20(4)8-12-15-11(3)22-19-12/h5-7H,8H2,1-4H3. The predicted octanol–water partition coefficient (Wildman–Crippen LogP) is 1.61. The van der Waals surface area contributed by atoms with E-state index in [9.17, 15) is 0 Å². The highest BCUT2D eigenvalue weighted by Crippen LogP contribution is 2.14. The van der Waals surface area contributed by atoms with Gasteiger partial charge in [0.25, 0.3) is 0 Å². The van der Waals surface area contributed by atoms with Crippen molar-refractivity contribution in [2.75, 3.05) is 11.9 Å². The number of aromatic nitrogens is 6. The SMILES string of the molecule is Cc1cc(C)n(-c2ccc(N(C)Cc3noc(C)n3)nn2)n1. The summed E-state index contributed by atoms with van der Waals surface area (Å²) < 4.78 is 6.73. The summed E-state index contributed by atoms with van der Waals surface area (Å²) in [5.74, 6) is 2.59. The van der Waals surface area contributed by atoms with Crippen LogP contribution in [0.1, 0.15) is 23.1 Å². The lowest BCUT2D eigenvalue weighted by Crippen LogP contribution is -2.19.